The molecular formula is C21H15IN4OS. The maximum Gasteiger partial charge on any atom is 0.257 e. The minimum atomic E-state index is -0.241. The van der Waals surface area contributed by atoms with Crippen molar-refractivity contribution in [2.45, 2.75) is 0 Å². The maximum atomic E-state index is 12.3. The number of imidazole rings is 1. The number of para-hydroxylation sites is 2. The molecule has 7 heteroatoms. The largest absolute Gasteiger partial charge is 0.338 e. The van der Waals surface area contributed by atoms with Gasteiger partial charge in [0.2, 0.25) is 0 Å². The van der Waals surface area contributed by atoms with Gasteiger partial charge in [0.15, 0.2) is 5.11 Å². The van der Waals surface area contributed by atoms with Gasteiger partial charge in [0, 0.05) is 20.4 Å². The van der Waals surface area contributed by atoms with Gasteiger partial charge in [-0.05, 0) is 89.4 Å². The SMILES string of the molecule is O=C(NC(=S)Nc1ccc(-c2nc3ccccc3[nH]2)cc1)c1cccc(I)c1. The molecule has 3 N–H and O–H groups in total. The van der Waals surface area contributed by atoms with E-state index in [-0.39, 0.29) is 11.0 Å². The summed E-state index contributed by atoms with van der Waals surface area (Å²) >= 11 is 7.42. The molecule has 0 aliphatic heterocycles. The van der Waals surface area contributed by atoms with Gasteiger partial charge in [-0.3, -0.25) is 10.1 Å². The maximum absolute atomic E-state index is 12.3. The highest BCUT2D eigenvalue weighted by atomic mass is 127. The molecule has 0 atom stereocenters. The summed E-state index contributed by atoms with van der Waals surface area (Å²) < 4.78 is 0.991. The molecule has 0 aliphatic carbocycles. The van der Waals surface area contributed by atoms with Crippen molar-refractivity contribution in [3.63, 3.8) is 0 Å². The van der Waals surface area contributed by atoms with Crippen LogP contribution >= 0.6 is 34.8 Å². The number of benzene rings is 3. The second kappa shape index (κ2) is 8.07. The number of anilines is 1. The monoisotopic (exact) mass is 498 g/mol. The Hall–Kier alpha value is -2.78. The van der Waals surface area contributed by atoms with Crippen LogP contribution in [-0.4, -0.2) is 21.0 Å². The van der Waals surface area contributed by atoms with Gasteiger partial charge in [0.25, 0.3) is 5.91 Å². The summed E-state index contributed by atoms with van der Waals surface area (Å²) in [5.74, 6) is 0.567. The smallest absolute Gasteiger partial charge is 0.257 e. The highest BCUT2D eigenvalue weighted by Crippen LogP contribution is 2.22. The van der Waals surface area contributed by atoms with E-state index >= 15 is 0 Å². The van der Waals surface area contributed by atoms with Crippen molar-refractivity contribution in [3.8, 4) is 11.4 Å². The van der Waals surface area contributed by atoms with Crippen LogP contribution in [0.3, 0.4) is 0 Å². The van der Waals surface area contributed by atoms with Gasteiger partial charge in [0.05, 0.1) is 11.0 Å². The van der Waals surface area contributed by atoms with Crippen LogP contribution in [0.25, 0.3) is 22.4 Å². The van der Waals surface area contributed by atoms with Crippen LogP contribution in [0.1, 0.15) is 10.4 Å². The third kappa shape index (κ3) is 4.20. The van der Waals surface area contributed by atoms with Gasteiger partial charge in [-0.15, -0.1) is 0 Å². The van der Waals surface area contributed by atoms with Gasteiger partial charge in [0.1, 0.15) is 5.82 Å². The molecule has 0 aliphatic rings. The second-order valence-electron chi connectivity index (χ2n) is 6.10. The zero-order chi connectivity index (χ0) is 19.5. The third-order valence-electron chi connectivity index (χ3n) is 4.12. The number of amides is 1. The number of carbonyl (C=O) groups excluding carboxylic acids is 1. The highest BCUT2D eigenvalue weighted by molar-refractivity contribution is 14.1. The number of hydrogen-bond donors (Lipinski definition) is 3. The van der Waals surface area contributed by atoms with E-state index in [2.05, 4.69) is 43.2 Å². The molecule has 4 aromatic rings. The number of H-pyrrole nitrogens is 1. The molecule has 0 radical (unpaired) electrons. The van der Waals surface area contributed by atoms with Crippen LogP contribution in [0.15, 0.2) is 72.8 Å². The molecule has 0 fully saturated rings. The van der Waals surface area contributed by atoms with Crippen molar-refractivity contribution in [1.82, 2.24) is 15.3 Å². The summed E-state index contributed by atoms with van der Waals surface area (Å²) in [5, 5.41) is 5.98. The zero-order valence-electron chi connectivity index (χ0n) is 14.6. The van der Waals surface area contributed by atoms with E-state index in [4.69, 9.17) is 12.2 Å². The number of halogens is 1. The highest BCUT2D eigenvalue weighted by Gasteiger charge is 2.09. The van der Waals surface area contributed by atoms with Crippen LogP contribution in [-0.2, 0) is 0 Å². The Morgan fingerprint density at radius 2 is 1.79 bits per heavy atom. The molecule has 138 valence electrons. The molecule has 0 spiro atoms. The number of carbonyl (C=O) groups is 1. The third-order valence-corrected chi connectivity index (χ3v) is 4.99. The predicted octanol–water partition coefficient (Wildman–Crippen LogP) is 4.96. The van der Waals surface area contributed by atoms with E-state index < -0.39 is 0 Å². The molecule has 1 heterocycles. The van der Waals surface area contributed by atoms with Gasteiger partial charge in [-0.2, -0.15) is 0 Å². The quantitative estimate of drug-likeness (QED) is 0.276. The molecule has 5 nitrogen and oxygen atoms in total. The first kappa shape index (κ1) is 18.6. The van der Waals surface area contributed by atoms with Crippen LogP contribution in [0.5, 0.6) is 0 Å². The Morgan fingerprint density at radius 1 is 1.00 bits per heavy atom. The lowest BCUT2D eigenvalue weighted by Gasteiger charge is -2.10. The van der Waals surface area contributed by atoms with E-state index in [1.807, 2.05) is 60.7 Å². The Morgan fingerprint density at radius 3 is 2.54 bits per heavy atom. The van der Waals surface area contributed by atoms with Crippen molar-refractivity contribution < 1.29 is 4.79 Å². The number of aromatic amines is 1. The summed E-state index contributed by atoms with van der Waals surface area (Å²) in [4.78, 5) is 20.2. The molecule has 1 amide bonds. The topological polar surface area (TPSA) is 69.8 Å². The molecular weight excluding hydrogens is 483 g/mol. The van der Waals surface area contributed by atoms with Crippen LogP contribution in [0, 0.1) is 3.57 Å². The number of aromatic nitrogens is 2. The first-order valence-corrected chi connectivity index (χ1v) is 10.0. The lowest BCUT2D eigenvalue weighted by atomic mass is 10.2. The Bertz CT molecular complexity index is 1140. The van der Waals surface area contributed by atoms with Crippen molar-refractivity contribution in [2.24, 2.45) is 0 Å². The van der Waals surface area contributed by atoms with Gasteiger partial charge in [-0.1, -0.05) is 18.2 Å². The normalized spacial score (nSPS) is 10.6. The Kier molecular flexibility index (Phi) is 5.36. The first-order valence-electron chi connectivity index (χ1n) is 8.51. The minimum absolute atomic E-state index is 0.241. The number of rotatable bonds is 3. The van der Waals surface area contributed by atoms with Gasteiger partial charge < -0.3 is 10.3 Å². The molecule has 1 aromatic heterocycles. The Labute approximate surface area is 180 Å². The number of nitrogens with one attached hydrogen (secondary N) is 3. The summed E-state index contributed by atoms with van der Waals surface area (Å²) in [6, 6.07) is 22.9. The fourth-order valence-electron chi connectivity index (χ4n) is 2.77. The Balaban J connectivity index is 1.42. The summed E-state index contributed by atoms with van der Waals surface area (Å²) in [7, 11) is 0. The predicted molar refractivity (Wildman–Crippen MR) is 124 cm³/mol. The van der Waals surface area contributed by atoms with E-state index in [0.29, 0.717) is 5.56 Å². The average molecular weight is 498 g/mol. The van der Waals surface area contributed by atoms with Crippen molar-refractivity contribution >= 4 is 62.5 Å². The molecule has 4 rings (SSSR count). The molecule has 0 bridgehead atoms. The van der Waals surface area contributed by atoms with E-state index in [1.165, 1.54) is 0 Å². The van der Waals surface area contributed by atoms with Crippen LogP contribution < -0.4 is 10.6 Å². The van der Waals surface area contributed by atoms with E-state index in [9.17, 15) is 4.79 Å². The standard InChI is InChI=1S/C21H15IN4OS/c22-15-5-3-4-14(12-15)20(27)26-21(28)23-16-10-8-13(9-11-16)19-24-17-6-1-2-7-18(17)25-19/h1-12H,(H,24,25)(H2,23,26,27,28). The van der Waals surface area contributed by atoms with Crippen molar-refractivity contribution in [3.05, 3.63) is 81.9 Å². The minimum Gasteiger partial charge on any atom is -0.338 e. The lowest BCUT2D eigenvalue weighted by molar-refractivity contribution is 0.0977. The first-order chi connectivity index (χ1) is 13.6. The molecule has 0 saturated carbocycles. The fraction of sp³-hybridized carbons (Fsp3) is 0. The average Bonchev–Trinajstić information content (AvgIpc) is 3.12. The molecule has 3 aromatic carbocycles. The summed E-state index contributed by atoms with van der Waals surface area (Å²) in [6.07, 6.45) is 0. The fourth-order valence-corrected chi connectivity index (χ4v) is 3.52. The second-order valence-corrected chi connectivity index (χ2v) is 7.75. The van der Waals surface area contributed by atoms with Crippen LogP contribution in [0.2, 0.25) is 0 Å². The van der Waals surface area contributed by atoms with Crippen LogP contribution in [0.4, 0.5) is 5.69 Å². The van der Waals surface area contributed by atoms with E-state index in [0.717, 1.165) is 31.7 Å². The number of thiocarbonyl (C=S) groups is 1. The summed E-state index contributed by atoms with van der Waals surface area (Å²) in [5.41, 5.74) is 4.25. The van der Waals surface area contributed by atoms with Crippen molar-refractivity contribution in [2.75, 3.05) is 5.32 Å². The van der Waals surface area contributed by atoms with Gasteiger partial charge in [-0.25, -0.2) is 4.98 Å². The molecule has 0 saturated heterocycles. The number of nitrogens with zero attached hydrogens (tertiary/aromatic N) is 1. The molecule has 28 heavy (non-hydrogen) atoms. The van der Waals surface area contributed by atoms with Crippen molar-refractivity contribution in [1.29, 1.82) is 0 Å². The zero-order valence-corrected chi connectivity index (χ0v) is 17.5. The molecule has 0 unspecified atom stereocenters. The summed E-state index contributed by atoms with van der Waals surface area (Å²) in [6.45, 7) is 0. The number of fused-ring (bicyclic) bond motifs is 1. The number of hydrogen-bond acceptors (Lipinski definition) is 3. The van der Waals surface area contributed by atoms with E-state index in [1.54, 1.807) is 12.1 Å². The van der Waals surface area contributed by atoms with Gasteiger partial charge >= 0.3 is 0 Å². The lowest BCUT2D eigenvalue weighted by Crippen LogP contribution is -2.34.